The van der Waals surface area contributed by atoms with Gasteiger partial charge in [0.25, 0.3) is 10.0 Å². The number of carbonyl (C=O) groups excluding carboxylic acids is 1. The van der Waals surface area contributed by atoms with Crippen molar-refractivity contribution in [1.82, 2.24) is 5.32 Å². The van der Waals surface area contributed by atoms with Crippen LogP contribution in [0.5, 0.6) is 5.75 Å². The summed E-state index contributed by atoms with van der Waals surface area (Å²) >= 11 is 5.90. The second kappa shape index (κ2) is 9.98. The maximum Gasteiger partial charge on any atom is 0.264 e. The summed E-state index contributed by atoms with van der Waals surface area (Å²) in [6, 6.07) is 12.5. The fraction of sp³-hybridized carbons (Fsp3) is 0.381. The Kier molecular flexibility index (Phi) is 7.93. The van der Waals surface area contributed by atoms with E-state index in [0.717, 1.165) is 4.31 Å². The predicted octanol–water partition coefficient (Wildman–Crippen LogP) is 4.09. The molecule has 0 bridgehead atoms. The number of ether oxygens (including phenoxy) is 1. The number of hydrogen-bond acceptors (Lipinski definition) is 4. The average Bonchev–Trinajstić information content (AvgIpc) is 2.67. The molecule has 2 rings (SSSR count). The highest BCUT2D eigenvalue weighted by Crippen LogP contribution is 2.32. The highest BCUT2D eigenvalue weighted by Gasteiger charge is 2.30. The van der Waals surface area contributed by atoms with Crippen molar-refractivity contribution in [2.24, 2.45) is 5.92 Å². The zero-order valence-corrected chi connectivity index (χ0v) is 18.6. The molecule has 0 spiro atoms. The van der Waals surface area contributed by atoms with Gasteiger partial charge in [0.15, 0.2) is 0 Å². The van der Waals surface area contributed by atoms with E-state index in [4.69, 9.17) is 16.3 Å². The third kappa shape index (κ3) is 5.87. The Morgan fingerprint density at radius 3 is 2.31 bits per heavy atom. The second-order valence-electron chi connectivity index (χ2n) is 6.97. The summed E-state index contributed by atoms with van der Waals surface area (Å²) in [6.07, 6.45) is 0. The molecule has 1 atom stereocenters. The Morgan fingerprint density at radius 2 is 1.72 bits per heavy atom. The van der Waals surface area contributed by atoms with Crippen LogP contribution in [0.1, 0.15) is 27.7 Å². The minimum atomic E-state index is -4.03. The summed E-state index contributed by atoms with van der Waals surface area (Å²) in [7, 11) is -4.03. The molecular weight excluding hydrogens is 412 g/mol. The number of amides is 1. The quantitative estimate of drug-likeness (QED) is 0.639. The molecule has 0 aromatic heterocycles. The van der Waals surface area contributed by atoms with Crippen molar-refractivity contribution in [2.75, 3.05) is 17.5 Å². The molecule has 1 unspecified atom stereocenters. The molecule has 0 radical (unpaired) electrons. The summed E-state index contributed by atoms with van der Waals surface area (Å²) in [4.78, 5) is 12.7. The maximum absolute atomic E-state index is 13.4. The van der Waals surface area contributed by atoms with E-state index in [9.17, 15) is 13.2 Å². The Morgan fingerprint density at radius 1 is 1.10 bits per heavy atom. The molecule has 0 aliphatic heterocycles. The zero-order chi connectivity index (χ0) is 21.6. The van der Waals surface area contributed by atoms with Gasteiger partial charge in [-0.3, -0.25) is 9.10 Å². The minimum Gasteiger partial charge on any atom is -0.492 e. The van der Waals surface area contributed by atoms with Crippen LogP contribution in [0.2, 0.25) is 5.02 Å². The van der Waals surface area contributed by atoms with Gasteiger partial charge in [0, 0.05) is 11.1 Å². The number of anilines is 1. The van der Waals surface area contributed by atoms with Crippen LogP contribution in [0.3, 0.4) is 0 Å². The van der Waals surface area contributed by atoms with Crippen molar-refractivity contribution in [3.63, 3.8) is 0 Å². The van der Waals surface area contributed by atoms with Gasteiger partial charge in [-0.05, 0) is 56.2 Å². The SMILES string of the molecule is CCOc1ccccc1N(CC(=O)NC(C)C(C)C)S(=O)(=O)c1ccc(Cl)cc1. The van der Waals surface area contributed by atoms with E-state index in [1.54, 1.807) is 24.3 Å². The highest BCUT2D eigenvalue weighted by molar-refractivity contribution is 7.92. The normalized spacial score (nSPS) is 12.5. The van der Waals surface area contributed by atoms with Crippen molar-refractivity contribution in [2.45, 2.75) is 38.6 Å². The summed E-state index contributed by atoms with van der Waals surface area (Å²) < 4.78 is 33.5. The first-order valence-corrected chi connectivity index (χ1v) is 11.3. The molecular formula is C21H27ClN2O4S. The summed E-state index contributed by atoms with van der Waals surface area (Å²) in [5, 5.41) is 3.28. The molecule has 2 aromatic rings. The van der Waals surface area contributed by atoms with Crippen LogP contribution in [-0.4, -0.2) is 33.5 Å². The van der Waals surface area contributed by atoms with E-state index < -0.39 is 15.9 Å². The molecule has 158 valence electrons. The topological polar surface area (TPSA) is 75.7 Å². The monoisotopic (exact) mass is 438 g/mol. The van der Waals surface area contributed by atoms with Crippen molar-refractivity contribution in [1.29, 1.82) is 0 Å². The van der Waals surface area contributed by atoms with Crippen LogP contribution in [0.4, 0.5) is 5.69 Å². The number of sulfonamides is 1. The van der Waals surface area contributed by atoms with E-state index in [1.165, 1.54) is 24.3 Å². The first-order chi connectivity index (χ1) is 13.7. The zero-order valence-electron chi connectivity index (χ0n) is 17.1. The van der Waals surface area contributed by atoms with Gasteiger partial charge >= 0.3 is 0 Å². The standard InChI is InChI=1S/C21H27ClN2O4S/c1-5-28-20-9-7-6-8-19(20)24(14-21(25)23-16(4)15(2)3)29(26,27)18-12-10-17(22)11-13-18/h6-13,15-16H,5,14H2,1-4H3,(H,23,25). The number of nitrogens with zero attached hydrogens (tertiary/aromatic N) is 1. The first-order valence-electron chi connectivity index (χ1n) is 9.46. The number of rotatable bonds is 9. The summed E-state index contributed by atoms with van der Waals surface area (Å²) in [5.41, 5.74) is 0.302. The summed E-state index contributed by atoms with van der Waals surface area (Å²) in [5.74, 6) is 0.211. The molecule has 0 fully saturated rings. The van der Waals surface area contributed by atoms with Gasteiger partial charge in [0.05, 0.1) is 17.2 Å². The Bertz CT molecular complexity index is 930. The molecule has 0 saturated heterocycles. The molecule has 0 saturated carbocycles. The number of para-hydroxylation sites is 2. The Balaban J connectivity index is 2.48. The Hall–Kier alpha value is -2.25. The number of carbonyl (C=O) groups is 1. The molecule has 29 heavy (non-hydrogen) atoms. The molecule has 2 aromatic carbocycles. The van der Waals surface area contributed by atoms with Gasteiger partial charge in [-0.2, -0.15) is 0 Å². The molecule has 1 amide bonds. The van der Waals surface area contributed by atoms with Crippen LogP contribution in [0.25, 0.3) is 0 Å². The van der Waals surface area contributed by atoms with Gasteiger partial charge in [-0.1, -0.05) is 37.6 Å². The van der Waals surface area contributed by atoms with Crippen LogP contribution in [0.15, 0.2) is 53.4 Å². The lowest BCUT2D eigenvalue weighted by atomic mass is 10.1. The van der Waals surface area contributed by atoms with Gasteiger partial charge in [-0.25, -0.2) is 8.42 Å². The number of benzene rings is 2. The molecule has 0 aliphatic rings. The van der Waals surface area contributed by atoms with Gasteiger partial charge in [-0.15, -0.1) is 0 Å². The first kappa shape index (κ1) is 23.0. The van der Waals surface area contributed by atoms with Gasteiger partial charge < -0.3 is 10.1 Å². The minimum absolute atomic E-state index is 0.0397. The maximum atomic E-state index is 13.4. The fourth-order valence-corrected chi connectivity index (χ4v) is 4.13. The van der Waals surface area contributed by atoms with Crippen molar-refractivity contribution < 1.29 is 17.9 Å². The van der Waals surface area contributed by atoms with E-state index >= 15 is 0 Å². The molecule has 6 nitrogen and oxygen atoms in total. The van der Waals surface area contributed by atoms with Crippen LogP contribution in [0, 0.1) is 5.92 Å². The second-order valence-corrected chi connectivity index (χ2v) is 9.27. The summed E-state index contributed by atoms with van der Waals surface area (Å²) in [6.45, 7) is 7.66. The van der Waals surface area contributed by atoms with Crippen LogP contribution >= 0.6 is 11.6 Å². The van der Waals surface area contributed by atoms with E-state index in [1.807, 2.05) is 27.7 Å². The molecule has 8 heteroatoms. The number of halogens is 1. The highest BCUT2D eigenvalue weighted by atomic mass is 35.5. The fourth-order valence-electron chi connectivity index (χ4n) is 2.57. The molecule has 0 aliphatic carbocycles. The van der Waals surface area contributed by atoms with E-state index in [-0.39, 0.29) is 23.4 Å². The number of hydrogen-bond donors (Lipinski definition) is 1. The third-order valence-electron chi connectivity index (χ3n) is 4.51. The average molecular weight is 439 g/mol. The number of nitrogens with one attached hydrogen (secondary N) is 1. The van der Waals surface area contributed by atoms with Crippen molar-refractivity contribution in [3.8, 4) is 5.75 Å². The lowest BCUT2D eigenvalue weighted by Gasteiger charge is -2.27. The van der Waals surface area contributed by atoms with E-state index in [0.29, 0.717) is 23.1 Å². The lowest BCUT2D eigenvalue weighted by Crippen LogP contribution is -2.45. The Labute approximate surface area is 177 Å². The molecule has 0 heterocycles. The predicted molar refractivity (Wildman–Crippen MR) is 116 cm³/mol. The van der Waals surface area contributed by atoms with Crippen LogP contribution < -0.4 is 14.4 Å². The van der Waals surface area contributed by atoms with Gasteiger partial charge in [0.2, 0.25) is 5.91 Å². The van der Waals surface area contributed by atoms with Crippen molar-refractivity contribution in [3.05, 3.63) is 53.6 Å². The van der Waals surface area contributed by atoms with Crippen LogP contribution in [-0.2, 0) is 14.8 Å². The molecule has 1 N–H and O–H groups in total. The largest absolute Gasteiger partial charge is 0.492 e. The smallest absolute Gasteiger partial charge is 0.264 e. The lowest BCUT2D eigenvalue weighted by molar-refractivity contribution is -0.120. The van der Waals surface area contributed by atoms with Crippen molar-refractivity contribution >= 4 is 33.2 Å². The van der Waals surface area contributed by atoms with E-state index in [2.05, 4.69) is 5.32 Å². The third-order valence-corrected chi connectivity index (χ3v) is 6.54. The van der Waals surface area contributed by atoms with Gasteiger partial charge in [0.1, 0.15) is 12.3 Å².